The number of ether oxygens (including phenoxy) is 1. The molecule has 0 radical (unpaired) electrons. The molecule has 2 aromatic rings. The number of rotatable bonds is 8. The maximum atomic E-state index is 12.3. The quantitative estimate of drug-likeness (QED) is 0.650. The summed E-state index contributed by atoms with van der Waals surface area (Å²) in [7, 11) is 0. The van der Waals surface area contributed by atoms with E-state index >= 15 is 0 Å². The van der Waals surface area contributed by atoms with Crippen LogP contribution in [0, 0.1) is 0 Å². The van der Waals surface area contributed by atoms with Gasteiger partial charge in [-0.05, 0) is 43.2 Å². The predicted molar refractivity (Wildman–Crippen MR) is 110 cm³/mol. The Balaban J connectivity index is 1.33. The molecule has 0 spiro atoms. The van der Waals surface area contributed by atoms with Crippen LogP contribution in [-0.4, -0.2) is 25.0 Å². The molecule has 1 aliphatic heterocycles. The van der Waals surface area contributed by atoms with Crippen LogP contribution in [0.4, 0.5) is 0 Å². The van der Waals surface area contributed by atoms with Crippen LogP contribution in [0.5, 0.6) is 5.75 Å². The fourth-order valence-electron chi connectivity index (χ4n) is 3.26. The smallest absolute Gasteiger partial charge is 0.251 e. The van der Waals surface area contributed by atoms with E-state index in [1.54, 1.807) is 18.2 Å². The Morgan fingerprint density at radius 1 is 1.07 bits per heavy atom. The van der Waals surface area contributed by atoms with E-state index in [2.05, 4.69) is 10.6 Å². The molecule has 2 N–H and O–H groups in total. The van der Waals surface area contributed by atoms with Crippen molar-refractivity contribution in [2.45, 2.75) is 38.1 Å². The molecule has 5 nitrogen and oxygen atoms in total. The molecule has 2 amide bonds. The minimum Gasteiger partial charge on any atom is -0.493 e. The average Bonchev–Trinajstić information content (AvgIpc) is 2.71. The lowest BCUT2D eigenvalue weighted by Gasteiger charge is -2.27. The normalized spacial score (nSPS) is 15.2. The number of nitrogens with one attached hydrogen (secondary N) is 2. The highest BCUT2D eigenvalue weighted by atomic mass is 35.5. The number of fused-ring (bicyclic) bond motifs is 1. The monoisotopic (exact) mass is 400 g/mol. The van der Waals surface area contributed by atoms with Crippen LogP contribution in [0.15, 0.2) is 48.5 Å². The van der Waals surface area contributed by atoms with E-state index in [0.717, 1.165) is 37.0 Å². The van der Waals surface area contributed by atoms with Crippen molar-refractivity contribution in [1.29, 1.82) is 0 Å². The largest absolute Gasteiger partial charge is 0.493 e. The van der Waals surface area contributed by atoms with E-state index in [1.165, 1.54) is 0 Å². The lowest BCUT2D eigenvalue weighted by molar-refractivity contribution is -0.122. The van der Waals surface area contributed by atoms with Crippen molar-refractivity contribution >= 4 is 23.4 Å². The fourth-order valence-corrected chi connectivity index (χ4v) is 3.44. The molecule has 1 aliphatic rings. The zero-order chi connectivity index (χ0) is 19.8. The van der Waals surface area contributed by atoms with Gasteiger partial charge in [-0.15, -0.1) is 0 Å². The molecular weight excluding hydrogens is 376 g/mol. The van der Waals surface area contributed by atoms with Gasteiger partial charge in [-0.25, -0.2) is 0 Å². The zero-order valence-corrected chi connectivity index (χ0v) is 16.5. The molecule has 0 bridgehead atoms. The molecule has 1 atom stereocenters. The summed E-state index contributed by atoms with van der Waals surface area (Å²) in [5, 5.41) is 6.63. The van der Waals surface area contributed by atoms with Gasteiger partial charge in [0.15, 0.2) is 0 Å². The molecule has 0 saturated heterocycles. The van der Waals surface area contributed by atoms with E-state index in [1.807, 2.05) is 30.3 Å². The average molecular weight is 401 g/mol. The standard InChI is InChI=1S/C22H25ClN2O3/c23-17-10-11-20-18(15-17)19(12-14-28-20)25-21(26)9-5-2-6-13-24-22(27)16-7-3-1-4-8-16/h1,3-4,7-8,10-11,15,19H,2,5-6,9,12-14H2,(H,24,27)(H,25,26). The number of carbonyl (C=O) groups is 2. The molecule has 0 aromatic heterocycles. The summed E-state index contributed by atoms with van der Waals surface area (Å²) in [5.41, 5.74) is 1.61. The Labute approximate surface area is 170 Å². The molecule has 3 rings (SSSR count). The van der Waals surface area contributed by atoms with Crippen LogP contribution in [0.3, 0.4) is 0 Å². The summed E-state index contributed by atoms with van der Waals surface area (Å²) in [6, 6.07) is 14.6. The Hall–Kier alpha value is -2.53. The van der Waals surface area contributed by atoms with Crippen molar-refractivity contribution in [2.75, 3.05) is 13.2 Å². The van der Waals surface area contributed by atoms with Crippen LogP contribution >= 0.6 is 11.6 Å². The molecule has 148 valence electrons. The van der Waals surface area contributed by atoms with E-state index < -0.39 is 0 Å². The second-order valence-corrected chi connectivity index (χ2v) is 7.31. The molecule has 0 aliphatic carbocycles. The van der Waals surface area contributed by atoms with Gasteiger partial charge >= 0.3 is 0 Å². The van der Waals surface area contributed by atoms with Crippen molar-refractivity contribution in [1.82, 2.24) is 10.6 Å². The number of amides is 2. The van der Waals surface area contributed by atoms with Gasteiger partial charge in [0.2, 0.25) is 5.91 Å². The van der Waals surface area contributed by atoms with Crippen LogP contribution in [0.25, 0.3) is 0 Å². The van der Waals surface area contributed by atoms with Gasteiger partial charge in [-0.3, -0.25) is 9.59 Å². The van der Waals surface area contributed by atoms with Gasteiger partial charge in [0.1, 0.15) is 5.75 Å². The maximum Gasteiger partial charge on any atom is 0.251 e. The molecule has 0 fully saturated rings. The van der Waals surface area contributed by atoms with E-state index in [9.17, 15) is 9.59 Å². The molecule has 6 heteroatoms. The topological polar surface area (TPSA) is 67.4 Å². The SMILES string of the molecule is O=C(CCCCCNC(=O)c1ccccc1)NC1CCOc2ccc(Cl)cc21. The summed E-state index contributed by atoms with van der Waals surface area (Å²) in [6.07, 6.45) is 3.74. The Bertz CT molecular complexity index is 811. The first kappa shape index (κ1) is 20.2. The molecule has 2 aromatic carbocycles. The number of hydrogen-bond donors (Lipinski definition) is 2. The van der Waals surface area contributed by atoms with Crippen molar-refractivity contribution < 1.29 is 14.3 Å². The highest BCUT2D eigenvalue weighted by molar-refractivity contribution is 6.30. The Morgan fingerprint density at radius 3 is 2.71 bits per heavy atom. The number of hydrogen-bond acceptors (Lipinski definition) is 3. The van der Waals surface area contributed by atoms with E-state index in [0.29, 0.717) is 30.2 Å². The van der Waals surface area contributed by atoms with Crippen molar-refractivity contribution in [2.24, 2.45) is 0 Å². The summed E-state index contributed by atoms with van der Waals surface area (Å²) >= 11 is 6.07. The van der Waals surface area contributed by atoms with Gasteiger partial charge < -0.3 is 15.4 Å². The van der Waals surface area contributed by atoms with Gasteiger partial charge in [0.25, 0.3) is 5.91 Å². The molecule has 1 unspecified atom stereocenters. The predicted octanol–water partition coefficient (Wildman–Crippen LogP) is 4.27. The fraction of sp³-hybridized carbons (Fsp3) is 0.364. The van der Waals surface area contributed by atoms with E-state index in [4.69, 9.17) is 16.3 Å². The van der Waals surface area contributed by atoms with Crippen LogP contribution in [0.1, 0.15) is 54.1 Å². The molecule has 0 saturated carbocycles. The molecular formula is C22H25ClN2O3. The van der Waals surface area contributed by atoms with Gasteiger partial charge in [0, 0.05) is 35.5 Å². The Morgan fingerprint density at radius 2 is 1.89 bits per heavy atom. The second kappa shape index (κ2) is 10.1. The number of unbranched alkanes of at least 4 members (excludes halogenated alkanes) is 2. The highest BCUT2D eigenvalue weighted by Crippen LogP contribution is 2.34. The number of benzene rings is 2. The van der Waals surface area contributed by atoms with Crippen LogP contribution < -0.4 is 15.4 Å². The minimum atomic E-state index is -0.0600. The van der Waals surface area contributed by atoms with Crippen LogP contribution in [-0.2, 0) is 4.79 Å². The first-order valence-electron chi connectivity index (χ1n) is 9.68. The van der Waals surface area contributed by atoms with Gasteiger partial charge in [-0.2, -0.15) is 0 Å². The summed E-state index contributed by atoms with van der Waals surface area (Å²) in [4.78, 5) is 24.2. The third-order valence-electron chi connectivity index (χ3n) is 4.75. The summed E-state index contributed by atoms with van der Waals surface area (Å²) < 4.78 is 5.62. The Kier molecular flexibility index (Phi) is 7.31. The zero-order valence-electron chi connectivity index (χ0n) is 15.7. The van der Waals surface area contributed by atoms with Crippen LogP contribution in [0.2, 0.25) is 5.02 Å². The molecule has 1 heterocycles. The number of halogens is 1. The third-order valence-corrected chi connectivity index (χ3v) is 4.98. The number of carbonyl (C=O) groups excluding carboxylic acids is 2. The van der Waals surface area contributed by atoms with Gasteiger partial charge in [0.05, 0.1) is 12.6 Å². The summed E-state index contributed by atoms with van der Waals surface area (Å²) in [5.74, 6) is 0.761. The van der Waals surface area contributed by atoms with Gasteiger partial charge in [-0.1, -0.05) is 36.2 Å². The molecule has 28 heavy (non-hydrogen) atoms. The van der Waals surface area contributed by atoms with E-state index in [-0.39, 0.29) is 17.9 Å². The van der Waals surface area contributed by atoms with Crippen molar-refractivity contribution in [3.05, 3.63) is 64.7 Å². The highest BCUT2D eigenvalue weighted by Gasteiger charge is 2.23. The first-order chi connectivity index (χ1) is 13.6. The lowest BCUT2D eigenvalue weighted by Crippen LogP contribution is -2.32. The second-order valence-electron chi connectivity index (χ2n) is 6.87. The third kappa shape index (κ3) is 5.73. The minimum absolute atomic E-state index is 0.0335. The lowest BCUT2D eigenvalue weighted by atomic mass is 10.00. The summed E-state index contributed by atoms with van der Waals surface area (Å²) in [6.45, 7) is 1.20. The van der Waals surface area contributed by atoms with Crippen molar-refractivity contribution in [3.63, 3.8) is 0 Å². The van der Waals surface area contributed by atoms with Crippen molar-refractivity contribution in [3.8, 4) is 5.75 Å². The first-order valence-corrected chi connectivity index (χ1v) is 10.1. The maximum absolute atomic E-state index is 12.3.